The molecule has 0 heterocycles. The third kappa shape index (κ3) is 4.41. The zero-order chi connectivity index (χ0) is 16.7. The van der Waals surface area contributed by atoms with Gasteiger partial charge in [-0.3, -0.25) is 10.5 Å². The van der Waals surface area contributed by atoms with Crippen molar-refractivity contribution in [3.63, 3.8) is 0 Å². The molecule has 2 atom stereocenters. The van der Waals surface area contributed by atoms with Gasteiger partial charge in [0, 0.05) is 12.3 Å². The van der Waals surface area contributed by atoms with E-state index in [1.54, 1.807) is 19.1 Å². The minimum atomic E-state index is -1.56. The number of hydrogen-bond donors (Lipinski definition) is 2. The number of ether oxygens (including phenoxy) is 1. The van der Waals surface area contributed by atoms with Crippen molar-refractivity contribution in [1.29, 1.82) is 0 Å². The summed E-state index contributed by atoms with van der Waals surface area (Å²) in [6, 6.07) is 18.6. The van der Waals surface area contributed by atoms with Gasteiger partial charge in [-0.05, 0) is 24.5 Å². The summed E-state index contributed by atoms with van der Waals surface area (Å²) >= 11 is 0. The Balaban J connectivity index is 2.28. The first-order valence-electron chi connectivity index (χ1n) is 7.83. The average Bonchev–Trinajstić information content (AvgIpc) is 2.57. The van der Waals surface area contributed by atoms with E-state index in [4.69, 9.17) is 10.5 Å². The molecule has 23 heavy (non-hydrogen) atoms. The fraction of sp³-hybridized carbons (Fsp3) is 0.316. The number of benzene rings is 2. The number of aliphatic hydroxyl groups is 1. The quantitative estimate of drug-likeness (QED) is 0.609. The molecule has 0 saturated heterocycles. The highest BCUT2D eigenvalue weighted by molar-refractivity contribution is 5.69. The Bertz CT molecular complexity index is 611. The summed E-state index contributed by atoms with van der Waals surface area (Å²) in [4.78, 5) is 11.7. The standard InChI is InChI=1S/C19H23NO3/c1-2-23-18(21)14-13-17(15-9-5-3-6-10-15)19(20,22)16-11-7-4-8-12-16/h3-12,17,22H,2,13-14,20H2,1H3. The number of rotatable bonds is 7. The normalized spacial score (nSPS) is 14.7. The molecule has 0 aliphatic heterocycles. The molecule has 0 aromatic heterocycles. The summed E-state index contributed by atoms with van der Waals surface area (Å²) in [7, 11) is 0. The van der Waals surface area contributed by atoms with Gasteiger partial charge in [-0.1, -0.05) is 60.7 Å². The van der Waals surface area contributed by atoms with Crippen LogP contribution in [0.5, 0.6) is 0 Å². The van der Waals surface area contributed by atoms with Gasteiger partial charge in [-0.25, -0.2) is 0 Å². The Morgan fingerprint density at radius 3 is 2.26 bits per heavy atom. The smallest absolute Gasteiger partial charge is 0.305 e. The fourth-order valence-electron chi connectivity index (χ4n) is 2.73. The fourth-order valence-corrected chi connectivity index (χ4v) is 2.73. The van der Waals surface area contributed by atoms with E-state index in [9.17, 15) is 9.90 Å². The molecular weight excluding hydrogens is 290 g/mol. The second kappa shape index (κ2) is 7.90. The molecule has 2 aromatic carbocycles. The van der Waals surface area contributed by atoms with Gasteiger partial charge >= 0.3 is 5.97 Å². The van der Waals surface area contributed by atoms with Crippen molar-refractivity contribution in [2.24, 2.45) is 5.73 Å². The van der Waals surface area contributed by atoms with Crippen molar-refractivity contribution >= 4 is 5.97 Å². The van der Waals surface area contributed by atoms with Crippen molar-refractivity contribution in [2.45, 2.75) is 31.4 Å². The van der Waals surface area contributed by atoms with Crippen LogP contribution in [0.4, 0.5) is 0 Å². The molecule has 0 spiro atoms. The summed E-state index contributed by atoms with van der Waals surface area (Å²) in [5.41, 5.74) is 6.23. The van der Waals surface area contributed by atoms with Crippen molar-refractivity contribution in [1.82, 2.24) is 0 Å². The predicted molar refractivity (Wildman–Crippen MR) is 89.6 cm³/mol. The lowest BCUT2D eigenvalue weighted by Crippen LogP contribution is -2.43. The Kier molecular flexibility index (Phi) is 5.90. The van der Waals surface area contributed by atoms with Crippen LogP contribution in [-0.2, 0) is 15.3 Å². The molecule has 0 aliphatic carbocycles. The summed E-state index contributed by atoms with van der Waals surface area (Å²) in [5, 5.41) is 11.0. The molecule has 0 amide bonds. The third-order valence-electron chi connectivity index (χ3n) is 3.91. The molecule has 122 valence electrons. The second-order valence-electron chi connectivity index (χ2n) is 5.50. The van der Waals surface area contributed by atoms with E-state index in [1.165, 1.54) is 0 Å². The third-order valence-corrected chi connectivity index (χ3v) is 3.91. The van der Waals surface area contributed by atoms with Crippen LogP contribution in [0.3, 0.4) is 0 Å². The zero-order valence-corrected chi connectivity index (χ0v) is 13.3. The largest absolute Gasteiger partial charge is 0.466 e. The molecule has 0 bridgehead atoms. The maximum atomic E-state index is 11.7. The van der Waals surface area contributed by atoms with E-state index < -0.39 is 11.6 Å². The Morgan fingerprint density at radius 1 is 1.13 bits per heavy atom. The molecule has 3 N–H and O–H groups in total. The van der Waals surface area contributed by atoms with Gasteiger partial charge in [-0.15, -0.1) is 0 Å². The molecule has 0 saturated carbocycles. The highest BCUT2D eigenvalue weighted by Gasteiger charge is 2.35. The van der Waals surface area contributed by atoms with E-state index in [-0.39, 0.29) is 12.4 Å². The van der Waals surface area contributed by atoms with Crippen LogP contribution in [0.1, 0.15) is 36.8 Å². The van der Waals surface area contributed by atoms with E-state index >= 15 is 0 Å². The maximum Gasteiger partial charge on any atom is 0.305 e. The lowest BCUT2D eigenvalue weighted by atomic mass is 9.81. The SMILES string of the molecule is CCOC(=O)CCC(c1ccccc1)C(N)(O)c1ccccc1. The monoisotopic (exact) mass is 313 g/mol. The van der Waals surface area contributed by atoms with E-state index in [2.05, 4.69) is 0 Å². The maximum absolute atomic E-state index is 11.7. The van der Waals surface area contributed by atoms with Crippen LogP contribution in [0.2, 0.25) is 0 Å². The first-order chi connectivity index (χ1) is 11.1. The lowest BCUT2D eigenvalue weighted by Gasteiger charge is -2.33. The molecule has 0 radical (unpaired) electrons. The summed E-state index contributed by atoms with van der Waals surface area (Å²) in [6.45, 7) is 2.12. The molecule has 2 rings (SSSR count). The first kappa shape index (κ1) is 17.2. The molecule has 4 nitrogen and oxygen atoms in total. The minimum Gasteiger partial charge on any atom is -0.466 e. The number of nitrogens with two attached hydrogens (primary N) is 1. The van der Waals surface area contributed by atoms with Gasteiger partial charge < -0.3 is 9.84 Å². The average molecular weight is 313 g/mol. The molecule has 4 heteroatoms. The number of hydrogen-bond acceptors (Lipinski definition) is 4. The zero-order valence-electron chi connectivity index (χ0n) is 13.3. The Morgan fingerprint density at radius 2 is 1.70 bits per heavy atom. The van der Waals surface area contributed by atoms with Gasteiger partial charge in [0.15, 0.2) is 0 Å². The Hall–Kier alpha value is -2.17. The minimum absolute atomic E-state index is 0.208. The summed E-state index contributed by atoms with van der Waals surface area (Å²) in [6.07, 6.45) is 0.616. The van der Waals surface area contributed by atoms with Gasteiger partial charge in [0.2, 0.25) is 0 Å². The van der Waals surface area contributed by atoms with Crippen LogP contribution in [0.25, 0.3) is 0 Å². The topological polar surface area (TPSA) is 72.5 Å². The van der Waals surface area contributed by atoms with Crippen LogP contribution in [0, 0.1) is 0 Å². The first-order valence-corrected chi connectivity index (χ1v) is 7.83. The highest BCUT2D eigenvalue weighted by atomic mass is 16.5. The number of carbonyl (C=O) groups is 1. The second-order valence-corrected chi connectivity index (χ2v) is 5.50. The number of esters is 1. The molecule has 2 aromatic rings. The van der Waals surface area contributed by atoms with E-state index in [0.717, 1.165) is 5.56 Å². The highest BCUT2D eigenvalue weighted by Crippen LogP contribution is 2.36. The van der Waals surface area contributed by atoms with Crippen molar-refractivity contribution in [2.75, 3.05) is 6.61 Å². The summed E-state index contributed by atoms with van der Waals surface area (Å²) < 4.78 is 4.99. The van der Waals surface area contributed by atoms with Gasteiger partial charge in [-0.2, -0.15) is 0 Å². The van der Waals surface area contributed by atoms with Crippen molar-refractivity contribution < 1.29 is 14.6 Å². The van der Waals surface area contributed by atoms with Crippen LogP contribution >= 0.6 is 0 Å². The van der Waals surface area contributed by atoms with E-state index in [1.807, 2.05) is 48.5 Å². The van der Waals surface area contributed by atoms with Crippen LogP contribution in [0.15, 0.2) is 60.7 Å². The molecule has 0 aliphatic rings. The molecule has 2 unspecified atom stereocenters. The summed E-state index contributed by atoms with van der Waals surface area (Å²) in [5.74, 6) is -0.687. The van der Waals surface area contributed by atoms with Gasteiger partial charge in [0.1, 0.15) is 5.72 Å². The van der Waals surface area contributed by atoms with Gasteiger partial charge in [0.25, 0.3) is 0 Å². The predicted octanol–water partition coefficient (Wildman–Crippen LogP) is 2.92. The van der Waals surface area contributed by atoms with Crippen LogP contribution in [-0.4, -0.2) is 17.7 Å². The van der Waals surface area contributed by atoms with E-state index in [0.29, 0.717) is 18.6 Å². The molecule has 0 fully saturated rings. The Labute approximate surface area is 136 Å². The van der Waals surface area contributed by atoms with Crippen molar-refractivity contribution in [3.05, 3.63) is 71.8 Å². The molecular formula is C19H23NO3. The lowest BCUT2D eigenvalue weighted by molar-refractivity contribution is -0.143. The van der Waals surface area contributed by atoms with Crippen LogP contribution < -0.4 is 5.73 Å². The number of carbonyl (C=O) groups excluding carboxylic acids is 1. The van der Waals surface area contributed by atoms with Crippen molar-refractivity contribution in [3.8, 4) is 0 Å². The van der Waals surface area contributed by atoms with Gasteiger partial charge in [0.05, 0.1) is 6.61 Å².